The van der Waals surface area contributed by atoms with Crippen LogP contribution in [0.15, 0.2) is 6.20 Å². The van der Waals surface area contributed by atoms with Crippen molar-refractivity contribution in [1.29, 1.82) is 0 Å². The molecule has 1 aliphatic rings. The Kier molecular flexibility index (Phi) is 3.47. The van der Waals surface area contributed by atoms with E-state index in [9.17, 15) is 4.79 Å². The quantitative estimate of drug-likeness (QED) is 0.641. The summed E-state index contributed by atoms with van der Waals surface area (Å²) < 4.78 is 1.43. The topological polar surface area (TPSA) is 83.3 Å². The van der Waals surface area contributed by atoms with Crippen LogP contribution in [0, 0.1) is 0 Å². The van der Waals surface area contributed by atoms with Crippen LogP contribution in [0.3, 0.4) is 0 Å². The van der Waals surface area contributed by atoms with Gasteiger partial charge in [-0.1, -0.05) is 5.21 Å². The molecular formula is C9H15N5O2. The number of carbonyl (C=O) groups is 1. The standard InChI is InChI=1S/C9H15N5O2/c15-6-5-14-8(7-11-12-14)9(16)13-3-1-10-2-4-13/h7,10,15H,1-6H2. The molecule has 0 aromatic carbocycles. The average Bonchev–Trinajstić information content (AvgIpc) is 2.78. The van der Waals surface area contributed by atoms with E-state index in [4.69, 9.17) is 5.11 Å². The molecule has 7 heteroatoms. The number of nitrogens with zero attached hydrogens (tertiary/aromatic N) is 4. The van der Waals surface area contributed by atoms with Crippen LogP contribution >= 0.6 is 0 Å². The number of hydrogen-bond acceptors (Lipinski definition) is 5. The Morgan fingerprint density at radius 1 is 1.50 bits per heavy atom. The zero-order valence-corrected chi connectivity index (χ0v) is 8.96. The number of aliphatic hydroxyl groups excluding tert-OH is 1. The first-order valence-corrected chi connectivity index (χ1v) is 5.32. The van der Waals surface area contributed by atoms with Gasteiger partial charge in [0.05, 0.1) is 19.3 Å². The van der Waals surface area contributed by atoms with E-state index in [0.29, 0.717) is 25.3 Å². The van der Waals surface area contributed by atoms with Gasteiger partial charge in [-0.25, -0.2) is 4.68 Å². The van der Waals surface area contributed by atoms with Crippen LogP contribution < -0.4 is 5.32 Å². The number of carbonyl (C=O) groups excluding carboxylic acids is 1. The van der Waals surface area contributed by atoms with Crippen molar-refractivity contribution in [2.24, 2.45) is 0 Å². The van der Waals surface area contributed by atoms with E-state index < -0.39 is 0 Å². The molecule has 1 amide bonds. The van der Waals surface area contributed by atoms with Crippen LogP contribution in [0.4, 0.5) is 0 Å². The zero-order chi connectivity index (χ0) is 11.4. The van der Waals surface area contributed by atoms with Crippen molar-refractivity contribution in [1.82, 2.24) is 25.2 Å². The van der Waals surface area contributed by atoms with Gasteiger partial charge in [0, 0.05) is 26.2 Å². The molecule has 2 heterocycles. The molecule has 7 nitrogen and oxygen atoms in total. The Labute approximate surface area is 93.0 Å². The third-order valence-electron chi connectivity index (χ3n) is 2.55. The number of aromatic nitrogens is 3. The SMILES string of the molecule is O=C(c1cnnn1CCO)N1CCNCC1. The lowest BCUT2D eigenvalue weighted by atomic mass is 10.3. The van der Waals surface area contributed by atoms with Gasteiger partial charge in [0.25, 0.3) is 5.91 Å². The summed E-state index contributed by atoms with van der Waals surface area (Å²) in [5.41, 5.74) is 0.441. The highest BCUT2D eigenvalue weighted by atomic mass is 16.3. The van der Waals surface area contributed by atoms with E-state index in [-0.39, 0.29) is 12.5 Å². The second-order valence-electron chi connectivity index (χ2n) is 3.61. The molecule has 16 heavy (non-hydrogen) atoms. The molecule has 1 fully saturated rings. The Morgan fingerprint density at radius 3 is 2.94 bits per heavy atom. The minimum Gasteiger partial charge on any atom is -0.394 e. The van der Waals surface area contributed by atoms with Gasteiger partial charge in [-0.15, -0.1) is 5.10 Å². The van der Waals surface area contributed by atoms with Crippen molar-refractivity contribution in [3.05, 3.63) is 11.9 Å². The zero-order valence-electron chi connectivity index (χ0n) is 8.96. The largest absolute Gasteiger partial charge is 0.394 e. The second kappa shape index (κ2) is 5.04. The lowest BCUT2D eigenvalue weighted by Gasteiger charge is -2.27. The van der Waals surface area contributed by atoms with Gasteiger partial charge in [0.2, 0.25) is 0 Å². The monoisotopic (exact) mass is 225 g/mol. The first-order chi connectivity index (χ1) is 7.83. The summed E-state index contributed by atoms with van der Waals surface area (Å²) in [6.07, 6.45) is 1.44. The van der Waals surface area contributed by atoms with Gasteiger partial charge < -0.3 is 15.3 Å². The predicted molar refractivity (Wildman–Crippen MR) is 55.9 cm³/mol. The molecule has 2 rings (SSSR count). The van der Waals surface area contributed by atoms with Gasteiger partial charge in [0.1, 0.15) is 5.69 Å². The summed E-state index contributed by atoms with van der Waals surface area (Å²) in [5.74, 6) is -0.0695. The van der Waals surface area contributed by atoms with Crippen molar-refractivity contribution < 1.29 is 9.90 Å². The number of piperazine rings is 1. The van der Waals surface area contributed by atoms with E-state index in [1.54, 1.807) is 4.90 Å². The molecule has 0 radical (unpaired) electrons. The van der Waals surface area contributed by atoms with Crippen LogP contribution in [-0.2, 0) is 6.54 Å². The van der Waals surface area contributed by atoms with Crippen LogP contribution in [0.5, 0.6) is 0 Å². The molecule has 0 unspecified atom stereocenters. The number of aliphatic hydroxyl groups is 1. The fourth-order valence-corrected chi connectivity index (χ4v) is 1.71. The molecule has 1 saturated heterocycles. The maximum atomic E-state index is 12.1. The molecule has 0 bridgehead atoms. The van der Waals surface area contributed by atoms with Gasteiger partial charge in [0.15, 0.2) is 0 Å². The van der Waals surface area contributed by atoms with Gasteiger partial charge in [-0.05, 0) is 0 Å². The minimum absolute atomic E-state index is 0.0504. The summed E-state index contributed by atoms with van der Waals surface area (Å²) >= 11 is 0. The lowest BCUT2D eigenvalue weighted by molar-refractivity contribution is 0.0721. The molecule has 88 valence electrons. The highest BCUT2D eigenvalue weighted by Gasteiger charge is 2.21. The molecule has 0 spiro atoms. The summed E-state index contributed by atoms with van der Waals surface area (Å²) in [6, 6.07) is 0. The number of amides is 1. The van der Waals surface area contributed by atoms with Crippen molar-refractivity contribution >= 4 is 5.91 Å². The molecule has 0 aliphatic carbocycles. The summed E-state index contributed by atoms with van der Waals surface area (Å²) in [7, 11) is 0. The maximum Gasteiger partial charge on any atom is 0.273 e. The number of rotatable bonds is 3. The Balaban J connectivity index is 2.09. The van der Waals surface area contributed by atoms with Crippen molar-refractivity contribution in [2.45, 2.75) is 6.54 Å². The van der Waals surface area contributed by atoms with Gasteiger partial charge >= 0.3 is 0 Å². The average molecular weight is 225 g/mol. The molecule has 0 saturated carbocycles. The molecular weight excluding hydrogens is 210 g/mol. The van der Waals surface area contributed by atoms with Crippen molar-refractivity contribution in [3.8, 4) is 0 Å². The second-order valence-corrected chi connectivity index (χ2v) is 3.61. The Hall–Kier alpha value is -1.47. The predicted octanol–water partition coefficient (Wildman–Crippen LogP) is -1.68. The van der Waals surface area contributed by atoms with Crippen molar-refractivity contribution in [2.75, 3.05) is 32.8 Å². The fourth-order valence-electron chi connectivity index (χ4n) is 1.71. The van der Waals surface area contributed by atoms with E-state index in [1.165, 1.54) is 10.9 Å². The summed E-state index contributed by atoms with van der Waals surface area (Å²) in [4.78, 5) is 13.8. The normalized spacial score (nSPS) is 16.4. The van der Waals surface area contributed by atoms with Crippen molar-refractivity contribution in [3.63, 3.8) is 0 Å². The fraction of sp³-hybridized carbons (Fsp3) is 0.667. The Morgan fingerprint density at radius 2 is 2.25 bits per heavy atom. The maximum absolute atomic E-state index is 12.1. The smallest absolute Gasteiger partial charge is 0.273 e. The van der Waals surface area contributed by atoms with Crippen LogP contribution in [0.1, 0.15) is 10.5 Å². The van der Waals surface area contributed by atoms with Crippen LogP contribution in [-0.4, -0.2) is 63.7 Å². The lowest BCUT2D eigenvalue weighted by Crippen LogP contribution is -2.46. The Bertz CT molecular complexity index is 359. The summed E-state index contributed by atoms with van der Waals surface area (Å²) in [5, 5.41) is 19.5. The third-order valence-corrected chi connectivity index (χ3v) is 2.55. The molecule has 1 aromatic heterocycles. The van der Waals surface area contributed by atoms with E-state index in [2.05, 4.69) is 15.6 Å². The van der Waals surface area contributed by atoms with E-state index >= 15 is 0 Å². The first kappa shape index (κ1) is 11.0. The molecule has 1 aromatic rings. The molecule has 1 aliphatic heterocycles. The number of nitrogens with one attached hydrogen (secondary N) is 1. The molecule has 2 N–H and O–H groups in total. The summed E-state index contributed by atoms with van der Waals surface area (Å²) in [6.45, 7) is 3.27. The van der Waals surface area contributed by atoms with E-state index in [0.717, 1.165) is 13.1 Å². The highest BCUT2D eigenvalue weighted by molar-refractivity contribution is 5.92. The minimum atomic E-state index is -0.0695. The highest BCUT2D eigenvalue weighted by Crippen LogP contribution is 2.04. The van der Waals surface area contributed by atoms with E-state index in [1.807, 2.05) is 0 Å². The molecule has 0 atom stereocenters. The van der Waals surface area contributed by atoms with Crippen LogP contribution in [0.25, 0.3) is 0 Å². The van der Waals surface area contributed by atoms with Gasteiger partial charge in [-0.2, -0.15) is 0 Å². The third kappa shape index (κ3) is 2.20. The van der Waals surface area contributed by atoms with Gasteiger partial charge in [-0.3, -0.25) is 4.79 Å². The van der Waals surface area contributed by atoms with Crippen LogP contribution in [0.2, 0.25) is 0 Å². The number of hydrogen-bond donors (Lipinski definition) is 2. The first-order valence-electron chi connectivity index (χ1n) is 5.32.